The number of nitrogens with one attached hydrogen (secondary N) is 1. The van der Waals surface area contributed by atoms with Crippen molar-refractivity contribution in [1.29, 1.82) is 0 Å². The van der Waals surface area contributed by atoms with Crippen LogP contribution in [0.15, 0.2) is 42.5 Å². The lowest BCUT2D eigenvalue weighted by Crippen LogP contribution is -2.36. The summed E-state index contributed by atoms with van der Waals surface area (Å²) in [6, 6.07) is 10.6. The minimum Gasteiger partial charge on any atom is -0.508 e. The molecule has 1 atom stereocenters. The van der Waals surface area contributed by atoms with E-state index in [2.05, 4.69) is 5.32 Å². The zero-order chi connectivity index (χ0) is 19.0. The van der Waals surface area contributed by atoms with E-state index in [1.54, 1.807) is 12.1 Å². The Labute approximate surface area is 155 Å². The molecule has 138 valence electrons. The number of carbonyl (C=O) groups excluding carboxylic acids is 3. The Morgan fingerprint density at radius 2 is 1.96 bits per heavy atom. The van der Waals surface area contributed by atoms with Crippen LogP contribution in [-0.4, -0.2) is 47.0 Å². The van der Waals surface area contributed by atoms with Gasteiger partial charge in [-0.3, -0.25) is 19.3 Å². The SMILES string of the molecule is O=C(Nc1cccc(O)c1)c1ccc2c(c1)C(=O)N(CC1CCCO1)C2=O. The quantitative estimate of drug-likeness (QED) is 0.810. The summed E-state index contributed by atoms with van der Waals surface area (Å²) in [4.78, 5) is 38.8. The molecule has 0 saturated carbocycles. The molecule has 3 amide bonds. The van der Waals surface area contributed by atoms with E-state index >= 15 is 0 Å². The van der Waals surface area contributed by atoms with Gasteiger partial charge < -0.3 is 15.2 Å². The van der Waals surface area contributed by atoms with Crippen LogP contribution in [0.3, 0.4) is 0 Å². The molecule has 0 aliphatic carbocycles. The normalized spacial score (nSPS) is 18.7. The van der Waals surface area contributed by atoms with E-state index in [0.717, 1.165) is 12.8 Å². The van der Waals surface area contributed by atoms with Crippen LogP contribution in [0.4, 0.5) is 5.69 Å². The molecule has 1 fully saturated rings. The number of hydrogen-bond donors (Lipinski definition) is 2. The number of ether oxygens (including phenoxy) is 1. The molecule has 27 heavy (non-hydrogen) atoms. The molecule has 7 heteroatoms. The largest absolute Gasteiger partial charge is 0.508 e. The van der Waals surface area contributed by atoms with E-state index in [9.17, 15) is 19.5 Å². The Morgan fingerprint density at radius 3 is 2.70 bits per heavy atom. The summed E-state index contributed by atoms with van der Waals surface area (Å²) < 4.78 is 5.52. The molecule has 2 N–H and O–H groups in total. The molecule has 4 rings (SSSR count). The van der Waals surface area contributed by atoms with Crippen molar-refractivity contribution in [1.82, 2.24) is 4.90 Å². The number of nitrogens with zero attached hydrogens (tertiary/aromatic N) is 1. The molecule has 1 unspecified atom stereocenters. The van der Waals surface area contributed by atoms with Crippen LogP contribution in [0.1, 0.15) is 43.9 Å². The lowest BCUT2D eigenvalue weighted by atomic mass is 10.1. The average Bonchev–Trinajstić information content (AvgIpc) is 3.25. The number of aromatic hydroxyl groups is 1. The zero-order valence-electron chi connectivity index (χ0n) is 14.5. The van der Waals surface area contributed by atoms with Gasteiger partial charge >= 0.3 is 0 Å². The van der Waals surface area contributed by atoms with Crippen molar-refractivity contribution < 1.29 is 24.2 Å². The molecule has 2 heterocycles. The molecular weight excluding hydrogens is 348 g/mol. The molecule has 2 aromatic rings. The summed E-state index contributed by atoms with van der Waals surface area (Å²) in [5.74, 6) is -1.16. The van der Waals surface area contributed by atoms with Gasteiger partial charge in [0.15, 0.2) is 0 Å². The molecule has 2 aromatic carbocycles. The molecule has 0 radical (unpaired) electrons. The van der Waals surface area contributed by atoms with E-state index in [1.165, 1.54) is 35.2 Å². The number of carbonyl (C=O) groups is 3. The Kier molecular flexibility index (Phi) is 4.37. The Morgan fingerprint density at radius 1 is 1.15 bits per heavy atom. The van der Waals surface area contributed by atoms with Gasteiger partial charge in [-0.05, 0) is 43.2 Å². The third-order valence-electron chi connectivity index (χ3n) is 4.75. The minimum atomic E-state index is -0.429. The van der Waals surface area contributed by atoms with Crippen molar-refractivity contribution >= 4 is 23.4 Å². The maximum atomic E-state index is 12.7. The van der Waals surface area contributed by atoms with Gasteiger partial charge in [0.2, 0.25) is 0 Å². The average molecular weight is 366 g/mol. The predicted molar refractivity (Wildman–Crippen MR) is 96.8 cm³/mol. The second-order valence-corrected chi connectivity index (χ2v) is 6.62. The number of rotatable bonds is 4. The number of anilines is 1. The maximum absolute atomic E-state index is 12.7. The zero-order valence-corrected chi connectivity index (χ0v) is 14.5. The van der Waals surface area contributed by atoms with Crippen LogP contribution in [0.2, 0.25) is 0 Å². The Bertz CT molecular complexity index is 934. The van der Waals surface area contributed by atoms with Gasteiger partial charge in [0.1, 0.15) is 5.75 Å². The van der Waals surface area contributed by atoms with Crippen molar-refractivity contribution in [2.45, 2.75) is 18.9 Å². The number of imide groups is 1. The van der Waals surface area contributed by atoms with Gasteiger partial charge in [-0.2, -0.15) is 0 Å². The van der Waals surface area contributed by atoms with Crippen LogP contribution >= 0.6 is 0 Å². The first-order valence-electron chi connectivity index (χ1n) is 8.75. The minimum absolute atomic E-state index is 0.0345. The fourth-order valence-electron chi connectivity index (χ4n) is 3.38. The Balaban J connectivity index is 1.54. The van der Waals surface area contributed by atoms with Gasteiger partial charge in [-0.15, -0.1) is 0 Å². The smallest absolute Gasteiger partial charge is 0.261 e. The van der Waals surface area contributed by atoms with Crippen LogP contribution in [0.5, 0.6) is 5.75 Å². The number of amides is 3. The van der Waals surface area contributed by atoms with Crippen molar-refractivity contribution in [2.75, 3.05) is 18.5 Å². The first-order valence-corrected chi connectivity index (χ1v) is 8.75. The molecule has 0 bridgehead atoms. The highest BCUT2D eigenvalue weighted by Crippen LogP contribution is 2.26. The van der Waals surface area contributed by atoms with E-state index in [-0.39, 0.29) is 35.4 Å². The highest BCUT2D eigenvalue weighted by atomic mass is 16.5. The van der Waals surface area contributed by atoms with E-state index in [0.29, 0.717) is 17.9 Å². The second-order valence-electron chi connectivity index (χ2n) is 6.62. The molecular formula is C20H18N2O5. The van der Waals surface area contributed by atoms with E-state index in [1.807, 2.05) is 0 Å². The summed E-state index contributed by atoms with van der Waals surface area (Å²) in [6.07, 6.45) is 1.62. The van der Waals surface area contributed by atoms with Crippen molar-refractivity contribution in [3.05, 3.63) is 59.2 Å². The summed E-state index contributed by atoms with van der Waals surface area (Å²) in [6.45, 7) is 0.879. The summed E-state index contributed by atoms with van der Waals surface area (Å²) >= 11 is 0. The number of fused-ring (bicyclic) bond motifs is 1. The van der Waals surface area contributed by atoms with E-state index < -0.39 is 11.8 Å². The lowest BCUT2D eigenvalue weighted by Gasteiger charge is -2.17. The predicted octanol–water partition coefficient (Wildman–Crippen LogP) is 2.42. The molecule has 0 aromatic heterocycles. The highest BCUT2D eigenvalue weighted by Gasteiger charge is 2.37. The van der Waals surface area contributed by atoms with Crippen molar-refractivity contribution in [2.24, 2.45) is 0 Å². The topological polar surface area (TPSA) is 95.9 Å². The molecule has 2 aliphatic rings. The fraction of sp³-hybridized carbons (Fsp3) is 0.250. The molecule has 0 spiro atoms. The second kappa shape index (κ2) is 6.85. The van der Waals surface area contributed by atoms with Gasteiger partial charge in [0, 0.05) is 23.9 Å². The van der Waals surface area contributed by atoms with E-state index in [4.69, 9.17) is 4.74 Å². The van der Waals surface area contributed by atoms with Gasteiger partial charge in [0.25, 0.3) is 17.7 Å². The fourth-order valence-corrected chi connectivity index (χ4v) is 3.38. The standard InChI is InChI=1S/C20H18N2O5/c23-14-4-1-3-13(10-14)21-18(24)12-6-7-16-17(9-12)20(26)22(19(16)25)11-15-5-2-8-27-15/h1,3-4,6-7,9-10,15,23H,2,5,8,11H2,(H,21,24). The number of hydrogen-bond acceptors (Lipinski definition) is 5. The highest BCUT2D eigenvalue weighted by molar-refractivity contribution is 6.22. The van der Waals surface area contributed by atoms with Crippen LogP contribution < -0.4 is 5.32 Å². The third kappa shape index (κ3) is 3.29. The van der Waals surface area contributed by atoms with Gasteiger partial charge in [0.05, 0.1) is 23.8 Å². The van der Waals surface area contributed by atoms with Crippen LogP contribution in [0, 0.1) is 0 Å². The van der Waals surface area contributed by atoms with Crippen molar-refractivity contribution in [3.63, 3.8) is 0 Å². The molecule has 2 aliphatic heterocycles. The molecule has 7 nitrogen and oxygen atoms in total. The van der Waals surface area contributed by atoms with Crippen LogP contribution in [-0.2, 0) is 4.74 Å². The summed E-state index contributed by atoms with van der Waals surface area (Å²) in [5, 5.41) is 12.1. The lowest BCUT2D eigenvalue weighted by molar-refractivity contribution is 0.0475. The van der Waals surface area contributed by atoms with Gasteiger partial charge in [-0.1, -0.05) is 6.07 Å². The third-order valence-corrected chi connectivity index (χ3v) is 4.75. The maximum Gasteiger partial charge on any atom is 0.261 e. The Hall–Kier alpha value is -3.19. The van der Waals surface area contributed by atoms with Crippen molar-refractivity contribution in [3.8, 4) is 5.75 Å². The number of benzene rings is 2. The first kappa shape index (κ1) is 17.2. The monoisotopic (exact) mass is 366 g/mol. The summed E-state index contributed by atoms with van der Waals surface area (Å²) in [7, 11) is 0. The molecule has 1 saturated heterocycles. The first-order chi connectivity index (χ1) is 13.0. The number of phenolic OH excluding ortho intramolecular Hbond substituents is 1. The summed E-state index contributed by atoms with van der Waals surface area (Å²) in [5.41, 5.74) is 1.22. The van der Waals surface area contributed by atoms with Gasteiger partial charge in [-0.25, -0.2) is 0 Å². The van der Waals surface area contributed by atoms with Crippen LogP contribution in [0.25, 0.3) is 0 Å². The number of phenols is 1.